The molecule has 0 spiro atoms. The van der Waals surface area contributed by atoms with Crippen molar-refractivity contribution in [3.8, 4) is 0 Å². The molecule has 0 aliphatic heterocycles. The fourth-order valence-electron chi connectivity index (χ4n) is 3.88. The second-order valence-electron chi connectivity index (χ2n) is 7.87. The Morgan fingerprint density at radius 3 is 1.66 bits per heavy atom. The predicted octanol–water partition coefficient (Wildman–Crippen LogP) is 3.77. The molecule has 0 aromatic heterocycles. The van der Waals surface area contributed by atoms with E-state index in [-0.39, 0.29) is 34.5 Å². The fraction of sp³-hybridized carbons (Fsp3) is 0.583. The van der Waals surface area contributed by atoms with Crippen LogP contribution in [0.3, 0.4) is 0 Å². The van der Waals surface area contributed by atoms with Crippen molar-refractivity contribution in [2.75, 3.05) is 0 Å². The standard InChI is InChI=1S/C24H36O3S.Na/c1-3-5-7-9-11-13-20-15-16-21(14-12-10-8-6-4-2)24-19-22(28(25,26)27)17-18-23(20)24;/h15-19H,3-14H2,1-2H3,(H,25,26,27);/q;+1/p-1. The van der Waals surface area contributed by atoms with Gasteiger partial charge in [0.15, 0.2) is 0 Å². The fourth-order valence-corrected chi connectivity index (χ4v) is 4.38. The maximum absolute atomic E-state index is 11.5. The van der Waals surface area contributed by atoms with Gasteiger partial charge in [-0.15, -0.1) is 0 Å². The van der Waals surface area contributed by atoms with Crippen molar-refractivity contribution in [1.29, 1.82) is 0 Å². The van der Waals surface area contributed by atoms with Crippen LogP contribution in [0, 0.1) is 0 Å². The molecule has 0 fully saturated rings. The first-order chi connectivity index (χ1) is 13.5. The van der Waals surface area contributed by atoms with E-state index in [1.165, 1.54) is 63.0 Å². The first kappa shape index (κ1) is 26.6. The van der Waals surface area contributed by atoms with Crippen molar-refractivity contribution in [3.63, 3.8) is 0 Å². The van der Waals surface area contributed by atoms with Crippen molar-refractivity contribution in [2.45, 2.75) is 95.8 Å². The summed E-state index contributed by atoms with van der Waals surface area (Å²) in [6.07, 6.45) is 14.1. The summed E-state index contributed by atoms with van der Waals surface area (Å²) in [6.45, 7) is 4.43. The minimum atomic E-state index is -4.43. The normalized spacial score (nSPS) is 11.6. The average Bonchev–Trinajstić information content (AvgIpc) is 2.67. The number of fused-ring (bicyclic) bond motifs is 1. The quantitative estimate of drug-likeness (QED) is 0.278. The molecule has 0 unspecified atom stereocenters. The molecule has 2 aromatic carbocycles. The van der Waals surface area contributed by atoms with Crippen molar-refractivity contribution in [3.05, 3.63) is 41.5 Å². The van der Waals surface area contributed by atoms with Crippen LogP contribution in [0.2, 0.25) is 0 Å². The Kier molecular flexibility index (Phi) is 12.7. The molecule has 2 rings (SSSR count). The van der Waals surface area contributed by atoms with Crippen molar-refractivity contribution >= 4 is 20.9 Å². The Balaban J connectivity index is 0.00000420. The van der Waals surface area contributed by atoms with Crippen molar-refractivity contribution < 1.29 is 42.5 Å². The molecule has 0 amide bonds. The Morgan fingerprint density at radius 2 is 1.17 bits per heavy atom. The summed E-state index contributed by atoms with van der Waals surface area (Å²) in [6, 6.07) is 9.25. The predicted molar refractivity (Wildman–Crippen MR) is 117 cm³/mol. The summed E-state index contributed by atoms with van der Waals surface area (Å²) < 4.78 is 34.6. The molecular weight excluding hydrogens is 391 g/mol. The third-order valence-corrected chi connectivity index (χ3v) is 6.39. The molecule has 29 heavy (non-hydrogen) atoms. The van der Waals surface area contributed by atoms with Gasteiger partial charge in [0, 0.05) is 0 Å². The molecule has 2 aromatic rings. The Bertz CT molecular complexity index is 847. The average molecular weight is 427 g/mol. The molecule has 0 aliphatic rings. The van der Waals surface area contributed by atoms with Crippen LogP contribution in [-0.2, 0) is 23.0 Å². The molecule has 0 heterocycles. The SMILES string of the molecule is CCCCCCCc1ccc(CCCCCCC)c2cc(S(=O)(=O)[O-])ccc12.[Na+]. The van der Waals surface area contributed by atoms with Gasteiger partial charge < -0.3 is 4.55 Å². The first-order valence-corrected chi connectivity index (χ1v) is 12.4. The van der Waals surface area contributed by atoms with E-state index >= 15 is 0 Å². The summed E-state index contributed by atoms with van der Waals surface area (Å²) in [5, 5.41) is 2.05. The Labute approximate surface area is 199 Å². The van der Waals surface area contributed by atoms with E-state index in [1.54, 1.807) is 6.07 Å². The third kappa shape index (κ3) is 8.70. The molecule has 0 saturated carbocycles. The van der Waals surface area contributed by atoms with E-state index < -0.39 is 10.1 Å². The number of benzene rings is 2. The van der Waals surface area contributed by atoms with Gasteiger partial charge in [0.05, 0.1) is 4.90 Å². The first-order valence-electron chi connectivity index (χ1n) is 11.0. The minimum Gasteiger partial charge on any atom is -0.744 e. The van der Waals surface area contributed by atoms with Crippen LogP contribution < -0.4 is 29.6 Å². The minimum absolute atomic E-state index is 0. The summed E-state index contributed by atoms with van der Waals surface area (Å²) in [7, 11) is -4.43. The van der Waals surface area contributed by atoms with Crippen LogP contribution in [0.25, 0.3) is 10.8 Å². The maximum atomic E-state index is 11.5. The molecule has 156 valence electrons. The smallest absolute Gasteiger partial charge is 0.744 e. The van der Waals surface area contributed by atoms with Gasteiger partial charge in [-0.1, -0.05) is 83.4 Å². The van der Waals surface area contributed by atoms with Gasteiger partial charge in [-0.05, 0) is 59.7 Å². The van der Waals surface area contributed by atoms with Crippen LogP contribution in [0.5, 0.6) is 0 Å². The number of unbranched alkanes of at least 4 members (excludes halogenated alkanes) is 8. The zero-order valence-electron chi connectivity index (χ0n) is 18.5. The van der Waals surface area contributed by atoms with E-state index in [0.29, 0.717) is 0 Å². The third-order valence-electron chi connectivity index (χ3n) is 5.56. The summed E-state index contributed by atoms with van der Waals surface area (Å²) in [4.78, 5) is -0.118. The topological polar surface area (TPSA) is 57.2 Å². The van der Waals surface area contributed by atoms with Crippen LogP contribution >= 0.6 is 0 Å². The summed E-state index contributed by atoms with van der Waals surface area (Å²) in [5.74, 6) is 0. The van der Waals surface area contributed by atoms with Gasteiger partial charge in [-0.2, -0.15) is 0 Å². The van der Waals surface area contributed by atoms with Crippen molar-refractivity contribution in [1.82, 2.24) is 0 Å². The zero-order chi connectivity index (χ0) is 20.4. The molecule has 5 heteroatoms. The van der Waals surface area contributed by atoms with Crippen LogP contribution in [0.15, 0.2) is 35.2 Å². The second-order valence-corrected chi connectivity index (χ2v) is 9.25. The Morgan fingerprint density at radius 1 is 0.690 bits per heavy atom. The van der Waals surface area contributed by atoms with Gasteiger partial charge in [-0.25, -0.2) is 8.42 Å². The molecule has 0 N–H and O–H groups in total. The molecule has 0 bridgehead atoms. The maximum Gasteiger partial charge on any atom is 1.00 e. The van der Waals surface area contributed by atoms with E-state index in [1.807, 2.05) is 6.07 Å². The molecular formula is C24H35NaO3S. The van der Waals surface area contributed by atoms with Crippen molar-refractivity contribution in [2.24, 2.45) is 0 Å². The molecule has 0 saturated heterocycles. The molecule has 0 aliphatic carbocycles. The number of hydrogen-bond donors (Lipinski definition) is 0. The van der Waals surface area contributed by atoms with E-state index in [2.05, 4.69) is 26.0 Å². The van der Waals surface area contributed by atoms with E-state index in [4.69, 9.17) is 0 Å². The molecule has 3 nitrogen and oxygen atoms in total. The van der Waals surface area contributed by atoms with Gasteiger partial charge in [0.25, 0.3) is 0 Å². The number of aryl methyl sites for hydroxylation is 2. The Hall–Kier alpha value is -0.390. The van der Waals surface area contributed by atoms with Gasteiger partial charge in [-0.3, -0.25) is 0 Å². The zero-order valence-corrected chi connectivity index (χ0v) is 21.3. The van der Waals surface area contributed by atoms with E-state index in [0.717, 1.165) is 42.0 Å². The number of hydrogen-bond acceptors (Lipinski definition) is 3. The number of rotatable bonds is 13. The second kappa shape index (κ2) is 13.8. The van der Waals surface area contributed by atoms with Crippen LogP contribution in [0.1, 0.15) is 89.2 Å². The summed E-state index contributed by atoms with van der Waals surface area (Å²) in [5.41, 5.74) is 2.42. The van der Waals surface area contributed by atoms with Gasteiger partial charge in [0.2, 0.25) is 0 Å². The van der Waals surface area contributed by atoms with Crippen LogP contribution in [-0.4, -0.2) is 13.0 Å². The summed E-state index contributed by atoms with van der Waals surface area (Å²) >= 11 is 0. The van der Waals surface area contributed by atoms with Crippen LogP contribution in [0.4, 0.5) is 0 Å². The monoisotopic (exact) mass is 426 g/mol. The molecule has 0 radical (unpaired) electrons. The van der Waals surface area contributed by atoms with Gasteiger partial charge >= 0.3 is 29.6 Å². The van der Waals surface area contributed by atoms with Gasteiger partial charge in [0.1, 0.15) is 10.1 Å². The largest absolute Gasteiger partial charge is 1.00 e. The molecule has 0 atom stereocenters. The van der Waals surface area contributed by atoms with E-state index in [9.17, 15) is 13.0 Å².